The lowest BCUT2D eigenvalue weighted by atomic mass is 10.1. The molecule has 0 atom stereocenters. The second-order valence-corrected chi connectivity index (χ2v) is 9.02. The molecule has 3 aromatic rings. The number of thioether (sulfide) groups is 1. The molecule has 2 aliphatic rings. The summed E-state index contributed by atoms with van der Waals surface area (Å²) in [5.74, 6) is -0.425. The monoisotopic (exact) mass is 468 g/mol. The largest absolute Gasteiger partial charge is 0.508 e. The van der Waals surface area contributed by atoms with Gasteiger partial charge in [0, 0.05) is 5.56 Å². The van der Waals surface area contributed by atoms with E-state index in [-0.39, 0.29) is 23.3 Å². The van der Waals surface area contributed by atoms with E-state index in [1.807, 2.05) is 56.3 Å². The van der Waals surface area contributed by atoms with Crippen molar-refractivity contribution in [1.29, 1.82) is 0 Å². The first kappa shape index (κ1) is 21.7. The number of amidine groups is 1. The van der Waals surface area contributed by atoms with Crippen LogP contribution in [0.2, 0.25) is 0 Å². The van der Waals surface area contributed by atoms with Crippen LogP contribution in [0, 0.1) is 13.8 Å². The number of benzene rings is 3. The lowest BCUT2D eigenvalue weighted by molar-refractivity contribution is -0.113. The number of carbonyl (C=O) groups excluding carboxylic acids is 2. The summed E-state index contributed by atoms with van der Waals surface area (Å²) in [6.45, 7) is 3.91. The normalized spacial score (nSPS) is 18.8. The van der Waals surface area contributed by atoms with Gasteiger partial charge in [0.05, 0.1) is 16.3 Å². The lowest BCUT2D eigenvalue weighted by Gasteiger charge is -2.15. The minimum atomic E-state index is -0.332. The zero-order chi connectivity index (χ0) is 23.8. The fourth-order valence-electron chi connectivity index (χ4n) is 3.64. The van der Waals surface area contributed by atoms with Crippen molar-refractivity contribution in [3.8, 4) is 5.75 Å². The van der Waals surface area contributed by atoms with Crippen LogP contribution in [0.3, 0.4) is 0 Å². The van der Waals surface area contributed by atoms with Crippen LogP contribution in [0.1, 0.15) is 22.3 Å². The molecule has 34 heavy (non-hydrogen) atoms. The third-order valence-corrected chi connectivity index (χ3v) is 6.38. The Kier molecular flexibility index (Phi) is 5.51. The van der Waals surface area contributed by atoms with Gasteiger partial charge in [-0.2, -0.15) is 0 Å². The number of aryl methyl sites for hydroxylation is 2. The Bertz CT molecular complexity index is 1410. The van der Waals surface area contributed by atoms with E-state index in [0.29, 0.717) is 27.0 Å². The number of fused-ring (bicyclic) bond motifs is 1. The molecule has 2 aliphatic heterocycles. The number of rotatable bonds is 3. The van der Waals surface area contributed by atoms with E-state index in [2.05, 4.69) is 15.5 Å². The van der Waals surface area contributed by atoms with Gasteiger partial charge in [-0.15, -0.1) is 10.2 Å². The summed E-state index contributed by atoms with van der Waals surface area (Å²) in [6, 6.07) is 19.7. The van der Waals surface area contributed by atoms with Crippen LogP contribution in [0.4, 0.5) is 11.4 Å². The summed E-state index contributed by atoms with van der Waals surface area (Å²) in [5, 5.41) is 21.3. The first-order valence-corrected chi connectivity index (χ1v) is 11.4. The molecule has 3 aromatic carbocycles. The number of nitrogens with zero attached hydrogens (tertiary/aromatic N) is 3. The average molecular weight is 469 g/mol. The number of hydrogen-bond donors (Lipinski definition) is 2. The smallest absolute Gasteiger partial charge is 0.276 e. The van der Waals surface area contributed by atoms with Crippen LogP contribution in [0.25, 0.3) is 6.08 Å². The van der Waals surface area contributed by atoms with E-state index in [1.54, 1.807) is 30.3 Å². The van der Waals surface area contributed by atoms with Crippen LogP contribution in [0.5, 0.6) is 5.75 Å². The highest BCUT2D eigenvalue weighted by molar-refractivity contribution is 8.19. The van der Waals surface area contributed by atoms with Crippen LogP contribution in [-0.4, -0.2) is 27.8 Å². The molecule has 0 aromatic heterocycles. The fourth-order valence-corrected chi connectivity index (χ4v) is 4.57. The molecule has 5 rings (SSSR count). The Morgan fingerprint density at radius 3 is 2.35 bits per heavy atom. The van der Waals surface area contributed by atoms with Crippen molar-refractivity contribution in [3.63, 3.8) is 0 Å². The second-order valence-electron chi connectivity index (χ2n) is 8.01. The van der Waals surface area contributed by atoms with E-state index in [0.717, 1.165) is 16.7 Å². The van der Waals surface area contributed by atoms with Gasteiger partial charge in [0.1, 0.15) is 5.75 Å². The SMILES string of the molecule is Cc1ccc(N2C(=O)C(=Cc3ccc(O)cc3)SC2=NN=C2C(=O)Nc3ccc(C)cc32)cc1. The summed E-state index contributed by atoms with van der Waals surface area (Å²) in [5.41, 5.74) is 5.07. The molecule has 0 unspecified atom stereocenters. The number of aromatic hydroxyl groups is 1. The number of hydrogen-bond acceptors (Lipinski definition) is 6. The fraction of sp³-hybridized carbons (Fsp3) is 0.0769. The first-order chi connectivity index (χ1) is 16.4. The summed E-state index contributed by atoms with van der Waals surface area (Å²) >= 11 is 1.18. The van der Waals surface area contributed by atoms with Gasteiger partial charge in [-0.1, -0.05) is 41.5 Å². The maximum Gasteiger partial charge on any atom is 0.276 e. The van der Waals surface area contributed by atoms with Crippen molar-refractivity contribution in [3.05, 3.63) is 93.9 Å². The van der Waals surface area contributed by atoms with Crippen molar-refractivity contribution >= 4 is 51.9 Å². The van der Waals surface area contributed by atoms with Gasteiger partial charge in [-0.25, -0.2) is 0 Å². The zero-order valence-corrected chi connectivity index (χ0v) is 19.3. The van der Waals surface area contributed by atoms with Crippen LogP contribution >= 0.6 is 11.8 Å². The van der Waals surface area contributed by atoms with Gasteiger partial charge >= 0.3 is 0 Å². The van der Waals surface area contributed by atoms with Crippen LogP contribution in [0.15, 0.2) is 81.8 Å². The molecule has 0 bridgehead atoms. The molecule has 7 nitrogen and oxygen atoms in total. The third kappa shape index (κ3) is 4.11. The quantitative estimate of drug-likeness (QED) is 0.425. The molecule has 0 saturated carbocycles. The summed E-state index contributed by atoms with van der Waals surface area (Å²) in [4.78, 5) is 27.8. The molecule has 0 aliphatic carbocycles. The number of phenols is 1. The molecule has 2 heterocycles. The molecule has 8 heteroatoms. The van der Waals surface area contributed by atoms with Crippen molar-refractivity contribution in [2.75, 3.05) is 10.2 Å². The highest BCUT2D eigenvalue weighted by Crippen LogP contribution is 2.36. The molecule has 1 fully saturated rings. The molecule has 0 radical (unpaired) electrons. The topological polar surface area (TPSA) is 94.4 Å². The van der Waals surface area contributed by atoms with Crippen molar-refractivity contribution < 1.29 is 14.7 Å². The van der Waals surface area contributed by atoms with Gasteiger partial charge < -0.3 is 10.4 Å². The number of carbonyl (C=O) groups is 2. The predicted octanol–water partition coefficient (Wildman–Crippen LogP) is 4.84. The number of phenolic OH excluding ortho intramolecular Hbond substituents is 1. The van der Waals surface area contributed by atoms with E-state index in [1.165, 1.54) is 16.7 Å². The molecular weight excluding hydrogens is 448 g/mol. The molecule has 168 valence electrons. The van der Waals surface area contributed by atoms with Crippen molar-refractivity contribution in [1.82, 2.24) is 0 Å². The van der Waals surface area contributed by atoms with E-state index >= 15 is 0 Å². The van der Waals surface area contributed by atoms with Gasteiger partial charge in [0.15, 0.2) is 5.71 Å². The number of anilines is 2. The second kappa shape index (κ2) is 8.64. The third-order valence-electron chi connectivity index (χ3n) is 5.42. The maximum atomic E-state index is 13.4. The Morgan fingerprint density at radius 2 is 1.62 bits per heavy atom. The van der Waals surface area contributed by atoms with Gasteiger partial charge in [-0.05, 0) is 73.6 Å². The molecule has 0 spiro atoms. The maximum absolute atomic E-state index is 13.4. The average Bonchev–Trinajstić information content (AvgIpc) is 3.29. The summed E-state index contributed by atoms with van der Waals surface area (Å²) in [6.07, 6.45) is 1.74. The number of nitrogens with one attached hydrogen (secondary N) is 1. The van der Waals surface area contributed by atoms with Gasteiger partial charge in [0.2, 0.25) is 5.17 Å². The van der Waals surface area contributed by atoms with Gasteiger partial charge in [0.25, 0.3) is 11.8 Å². The Morgan fingerprint density at radius 1 is 0.912 bits per heavy atom. The van der Waals surface area contributed by atoms with E-state index in [9.17, 15) is 14.7 Å². The molecule has 2 N–H and O–H groups in total. The minimum Gasteiger partial charge on any atom is -0.508 e. The Labute approximate surface area is 200 Å². The van der Waals surface area contributed by atoms with Gasteiger partial charge in [-0.3, -0.25) is 14.5 Å². The standard InChI is InChI=1S/C26H20N4O3S/c1-15-3-8-18(9-4-15)30-25(33)22(14-17-6-10-19(31)11-7-17)34-26(30)29-28-23-20-13-16(2)5-12-21(20)27-24(23)32/h3-14,31H,1-2H3,(H,27,28,32). The first-order valence-electron chi connectivity index (χ1n) is 10.6. The summed E-state index contributed by atoms with van der Waals surface area (Å²) < 4.78 is 0. The Balaban J connectivity index is 1.57. The van der Waals surface area contributed by atoms with Crippen molar-refractivity contribution in [2.45, 2.75) is 13.8 Å². The van der Waals surface area contributed by atoms with Crippen molar-refractivity contribution in [2.24, 2.45) is 10.2 Å². The molecule has 2 amide bonds. The van der Waals surface area contributed by atoms with E-state index < -0.39 is 0 Å². The highest BCUT2D eigenvalue weighted by Gasteiger charge is 2.35. The summed E-state index contributed by atoms with van der Waals surface area (Å²) in [7, 11) is 0. The minimum absolute atomic E-state index is 0.150. The molecule has 1 saturated heterocycles. The number of amides is 2. The molecular formula is C26H20N4O3S. The van der Waals surface area contributed by atoms with Crippen LogP contribution < -0.4 is 10.2 Å². The van der Waals surface area contributed by atoms with Crippen LogP contribution in [-0.2, 0) is 9.59 Å². The Hall–Kier alpha value is -4.17. The van der Waals surface area contributed by atoms with E-state index in [4.69, 9.17) is 0 Å². The lowest BCUT2D eigenvalue weighted by Crippen LogP contribution is -2.28. The zero-order valence-electron chi connectivity index (χ0n) is 18.4. The highest BCUT2D eigenvalue weighted by atomic mass is 32.2. The predicted molar refractivity (Wildman–Crippen MR) is 136 cm³/mol.